The lowest BCUT2D eigenvalue weighted by Crippen LogP contribution is -2.70. The molecule has 23 heteroatoms. The molecule has 11 atom stereocenters. The van der Waals surface area contributed by atoms with Gasteiger partial charge in [-0.3, -0.25) is 33.6 Å². The Morgan fingerprint density at radius 2 is 1.45 bits per heavy atom. The van der Waals surface area contributed by atoms with Crippen LogP contribution in [0.3, 0.4) is 0 Å². The number of aliphatic hydroxyl groups excluding tert-OH is 1. The third kappa shape index (κ3) is 12.5. The molecule has 2 rings (SSSR count). The second-order valence-corrected chi connectivity index (χ2v) is 11.6. The molecule has 23 nitrogen and oxygen atoms in total. The van der Waals surface area contributed by atoms with Crippen LogP contribution in [0.15, 0.2) is 5.11 Å². The largest absolute Gasteiger partial charge is 0.465 e. The fourth-order valence-corrected chi connectivity index (χ4v) is 5.65. The first-order valence-corrected chi connectivity index (χ1v) is 15.8. The number of carbonyl (C=O) groups excluding carboxylic acids is 8. The highest BCUT2D eigenvalue weighted by Gasteiger charge is 2.60. The van der Waals surface area contributed by atoms with E-state index in [1.807, 2.05) is 0 Å². The summed E-state index contributed by atoms with van der Waals surface area (Å²) in [5.74, 6) is -10.4. The average Bonchev–Trinajstić information content (AvgIpc) is 3.03. The summed E-state index contributed by atoms with van der Waals surface area (Å²) in [5.41, 5.74) is 9.06. The van der Waals surface area contributed by atoms with E-state index >= 15 is 0 Å². The van der Waals surface area contributed by atoms with Gasteiger partial charge in [0.25, 0.3) is 5.79 Å². The van der Waals surface area contributed by atoms with Crippen molar-refractivity contribution in [3.63, 3.8) is 0 Å². The standard InChI is InChI=1S/C30H42N4O19/c1-12(35)32-22-19(47-14(3)37)9-30(29(43)44-8,53-27(22)25(50-17(6)40)20(48-15(4)38)10-45-13(2)36)46-11-21-24(49-16(5)39)26(51-18(7)41)23(33-34-31)28(42)52-21/h19-28,42H,9-11H2,1-8H3,(H,32,35)/t19-,20+,21+,22+,23+,24-,25-,26+,27+,28?,30+/m0/s1. The lowest BCUT2D eigenvalue weighted by molar-refractivity contribution is -0.330. The van der Waals surface area contributed by atoms with Gasteiger partial charge in [0.2, 0.25) is 5.91 Å². The summed E-state index contributed by atoms with van der Waals surface area (Å²) in [7, 11) is 0.919. The Kier molecular flexibility index (Phi) is 16.4. The highest BCUT2D eigenvalue weighted by atomic mass is 16.8. The molecule has 296 valence electrons. The van der Waals surface area contributed by atoms with Crippen LogP contribution in [-0.2, 0) is 85.7 Å². The Bertz CT molecular complexity index is 1450. The van der Waals surface area contributed by atoms with Gasteiger partial charge in [-0.15, -0.1) is 0 Å². The van der Waals surface area contributed by atoms with Crippen LogP contribution in [0.5, 0.6) is 0 Å². The molecule has 0 aromatic carbocycles. The number of amides is 1. The number of azide groups is 1. The summed E-state index contributed by atoms with van der Waals surface area (Å²) in [6.07, 6.45) is -14.7. The van der Waals surface area contributed by atoms with Crippen LogP contribution in [0.4, 0.5) is 0 Å². The minimum absolute atomic E-state index is 0.738. The molecule has 0 bridgehead atoms. The average molecular weight is 763 g/mol. The maximum absolute atomic E-state index is 13.7. The molecule has 0 saturated carbocycles. The van der Waals surface area contributed by atoms with E-state index in [2.05, 4.69) is 15.3 Å². The van der Waals surface area contributed by atoms with Crippen molar-refractivity contribution in [1.29, 1.82) is 0 Å². The summed E-state index contributed by atoms with van der Waals surface area (Å²) in [4.78, 5) is 102. The third-order valence-corrected chi connectivity index (χ3v) is 7.40. The number of methoxy groups -OCH3 is 1. The van der Waals surface area contributed by atoms with Gasteiger partial charge in [-0.05, 0) is 5.53 Å². The van der Waals surface area contributed by atoms with Crippen molar-refractivity contribution < 1.29 is 90.8 Å². The Labute approximate surface area is 301 Å². The van der Waals surface area contributed by atoms with E-state index in [0.717, 1.165) is 55.6 Å². The van der Waals surface area contributed by atoms with Gasteiger partial charge >= 0.3 is 41.8 Å². The van der Waals surface area contributed by atoms with Gasteiger partial charge in [-0.25, -0.2) is 4.79 Å². The number of aliphatic hydroxyl groups is 1. The van der Waals surface area contributed by atoms with Crippen LogP contribution < -0.4 is 5.32 Å². The number of carbonyl (C=O) groups is 8. The lowest BCUT2D eigenvalue weighted by Gasteiger charge is -2.49. The summed E-state index contributed by atoms with van der Waals surface area (Å²) in [6, 6.07) is -3.14. The van der Waals surface area contributed by atoms with Gasteiger partial charge in [0.1, 0.15) is 31.0 Å². The monoisotopic (exact) mass is 762 g/mol. The summed E-state index contributed by atoms with van der Waals surface area (Å²) < 4.78 is 54.5. The first kappa shape index (κ1) is 44.1. The lowest BCUT2D eigenvalue weighted by atomic mass is 9.87. The number of hydrogen-bond acceptors (Lipinski definition) is 20. The quantitative estimate of drug-likeness (QED) is 0.0649. The van der Waals surface area contributed by atoms with Gasteiger partial charge in [0.15, 0.2) is 30.7 Å². The molecule has 0 radical (unpaired) electrons. The topological polar surface area (TPSA) is 310 Å². The van der Waals surface area contributed by atoms with E-state index in [1.54, 1.807) is 0 Å². The molecule has 1 unspecified atom stereocenters. The number of rotatable bonds is 15. The van der Waals surface area contributed by atoms with E-state index in [0.29, 0.717) is 0 Å². The smallest absolute Gasteiger partial charge is 0.366 e. The molecule has 53 heavy (non-hydrogen) atoms. The van der Waals surface area contributed by atoms with E-state index in [4.69, 9.17) is 52.9 Å². The van der Waals surface area contributed by atoms with Crippen molar-refractivity contribution in [3.8, 4) is 0 Å². The van der Waals surface area contributed by atoms with Crippen LogP contribution in [0, 0.1) is 0 Å². The molecule has 2 heterocycles. The normalized spacial score (nSPS) is 29.0. The summed E-state index contributed by atoms with van der Waals surface area (Å²) in [6.45, 7) is 5.37. The third-order valence-electron chi connectivity index (χ3n) is 7.40. The molecule has 1 amide bonds. The van der Waals surface area contributed by atoms with Crippen LogP contribution >= 0.6 is 0 Å². The molecule has 0 aromatic rings. The fraction of sp³-hybridized carbons (Fsp3) is 0.733. The minimum Gasteiger partial charge on any atom is -0.465 e. The molecular weight excluding hydrogens is 720 g/mol. The number of nitrogens with zero attached hydrogens (tertiary/aromatic N) is 3. The molecule has 0 aromatic heterocycles. The second-order valence-electron chi connectivity index (χ2n) is 11.6. The van der Waals surface area contributed by atoms with Gasteiger partial charge in [-0.2, -0.15) is 0 Å². The Morgan fingerprint density at radius 3 is 1.94 bits per heavy atom. The van der Waals surface area contributed by atoms with Crippen molar-refractivity contribution in [1.82, 2.24) is 5.32 Å². The van der Waals surface area contributed by atoms with Crippen molar-refractivity contribution in [2.24, 2.45) is 5.11 Å². The molecule has 2 aliphatic rings. The molecular formula is C30H42N4O19. The number of nitrogens with one attached hydrogen (secondary N) is 1. The zero-order valence-electron chi connectivity index (χ0n) is 30.0. The highest BCUT2D eigenvalue weighted by molar-refractivity contribution is 5.79. The van der Waals surface area contributed by atoms with Gasteiger partial charge in [0, 0.05) is 53.4 Å². The number of hydrogen-bond donors (Lipinski definition) is 2. The predicted octanol–water partition coefficient (Wildman–Crippen LogP) is -1.22. The molecule has 0 aliphatic carbocycles. The zero-order chi connectivity index (χ0) is 40.2. The van der Waals surface area contributed by atoms with Crippen LogP contribution in [-0.4, -0.2) is 140 Å². The first-order valence-electron chi connectivity index (χ1n) is 15.8. The van der Waals surface area contributed by atoms with Crippen molar-refractivity contribution in [2.75, 3.05) is 20.3 Å². The zero-order valence-corrected chi connectivity index (χ0v) is 30.0. The molecule has 2 N–H and O–H groups in total. The second kappa shape index (κ2) is 19.7. The molecule has 2 fully saturated rings. The van der Waals surface area contributed by atoms with E-state index in [-0.39, 0.29) is 0 Å². The number of esters is 7. The van der Waals surface area contributed by atoms with Gasteiger partial charge < -0.3 is 57.8 Å². The molecule has 0 spiro atoms. The van der Waals surface area contributed by atoms with Crippen molar-refractivity contribution >= 4 is 47.7 Å². The van der Waals surface area contributed by atoms with E-state index in [9.17, 15) is 43.5 Å². The number of ether oxygens (including phenoxy) is 10. The van der Waals surface area contributed by atoms with Crippen LogP contribution in [0.2, 0.25) is 0 Å². The van der Waals surface area contributed by atoms with Gasteiger partial charge in [0.05, 0.1) is 26.2 Å². The molecule has 2 saturated heterocycles. The summed E-state index contributed by atoms with van der Waals surface area (Å²) >= 11 is 0. The fourth-order valence-electron chi connectivity index (χ4n) is 5.65. The Hall–Kier alpha value is -5.09. The molecule has 2 aliphatic heterocycles. The maximum atomic E-state index is 13.7. The van der Waals surface area contributed by atoms with Crippen LogP contribution in [0.25, 0.3) is 10.4 Å². The maximum Gasteiger partial charge on any atom is 0.366 e. The van der Waals surface area contributed by atoms with E-state index in [1.165, 1.54) is 0 Å². The van der Waals surface area contributed by atoms with Crippen molar-refractivity contribution in [3.05, 3.63) is 10.4 Å². The highest BCUT2D eigenvalue weighted by Crippen LogP contribution is 2.38. The summed E-state index contributed by atoms with van der Waals surface area (Å²) in [5, 5.41) is 16.6. The van der Waals surface area contributed by atoms with Gasteiger partial charge in [-0.1, -0.05) is 5.11 Å². The Balaban J connectivity index is 2.80. The van der Waals surface area contributed by atoms with Crippen molar-refractivity contribution in [2.45, 2.75) is 122 Å². The van der Waals surface area contributed by atoms with Crippen LogP contribution in [0.1, 0.15) is 54.9 Å². The SMILES string of the molecule is COC(=O)[C@@]1(OC[C@H]2OC(O)[C@H](N=[N+]=[N-])[C@@H](OC(C)=O)[C@H]2OC(C)=O)C[C@H](OC(C)=O)[C@@H](NC(C)=O)[C@H]([C@@H](OC(C)=O)[C@@H](COC(C)=O)OC(C)=O)O1. The minimum atomic E-state index is -2.72. The predicted molar refractivity (Wildman–Crippen MR) is 166 cm³/mol. The first-order chi connectivity index (χ1) is 24.7. The van der Waals surface area contributed by atoms with E-state index < -0.39 is 134 Å². The Morgan fingerprint density at radius 1 is 0.868 bits per heavy atom.